The highest BCUT2D eigenvalue weighted by Gasteiger charge is 2.12. The van der Waals surface area contributed by atoms with Crippen molar-refractivity contribution >= 4 is 37.8 Å². The summed E-state index contributed by atoms with van der Waals surface area (Å²) in [7, 11) is 1.74. The first-order chi connectivity index (χ1) is 10.1. The molecule has 2 rings (SSSR count). The molecule has 0 spiro atoms. The van der Waals surface area contributed by atoms with E-state index in [0.717, 1.165) is 14.7 Å². The van der Waals surface area contributed by atoms with Crippen molar-refractivity contribution in [1.29, 1.82) is 0 Å². The van der Waals surface area contributed by atoms with Crippen LogP contribution < -0.4 is 4.74 Å². The van der Waals surface area contributed by atoms with E-state index in [0.29, 0.717) is 18.7 Å². The summed E-state index contributed by atoms with van der Waals surface area (Å²) in [6.45, 7) is 0.937. The highest BCUT2D eigenvalue weighted by Crippen LogP contribution is 2.16. The van der Waals surface area contributed by atoms with Crippen LogP contribution in [0.1, 0.15) is 10.4 Å². The number of aromatic nitrogens is 1. The highest BCUT2D eigenvalue weighted by atomic mass is 79.9. The van der Waals surface area contributed by atoms with Crippen LogP contribution >= 0.6 is 31.9 Å². The van der Waals surface area contributed by atoms with Gasteiger partial charge in [-0.25, -0.2) is 0 Å². The minimum absolute atomic E-state index is 0.0804. The summed E-state index contributed by atoms with van der Waals surface area (Å²) in [6.07, 6.45) is 3.20. The van der Waals surface area contributed by atoms with Gasteiger partial charge in [-0.15, -0.1) is 0 Å². The van der Waals surface area contributed by atoms with Crippen LogP contribution in [0.5, 0.6) is 5.75 Å². The van der Waals surface area contributed by atoms with Gasteiger partial charge in [0, 0.05) is 28.4 Å². The molecule has 1 amide bonds. The van der Waals surface area contributed by atoms with Crippen LogP contribution in [0.4, 0.5) is 0 Å². The molecule has 1 aromatic heterocycles. The molecule has 2 aromatic rings. The summed E-state index contributed by atoms with van der Waals surface area (Å²) >= 11 is 6.68. The van der Waals surface area contributed by atoms with Gasteiger partial charge in [-0.3, -0.25) is 9.78 Å². The lowest BCUT2D eigenvalue weighted by Crippen LogP contribution is -2.30. The second-order valence-corrected chi connectivity index (χ2v) is 6.25. The molecule has 0 radical (unpaired) electrons. The number of likely N-dealkylation sites (N-methyl/N-ethyl adjacent to an activating group) is 1. The molecule has 0 bridgehead atoms. The van der Waals surface area contributed by atoms with Gasteiger partial charge in [0.25, 0.3) is 5.91 Å². The Bertz CT molecular complexity index is 617. The Morgan fingerprint density at radius 3 is 2.57 bits per heavy atom. The number of halogens is 2. The smallest absolute Gasteiger partial charge is 0.255 e. The second kappa shape index (κ2) is 7.56. The van der Waals surface area contributed by atoms with Crippen molar-refractivity contribution in [2.75, 3.05) is 20.2 Å². The first-order valence-electron chi connectivity index (χ1n) is 6.30. The van der Waals surface area contributed by atoms with E-state index in [1.165, 1.54) is 0 Å². The summed E-state index contributed by atoms with van der Waals surface area (Å²) in [5, 5.41) is 0. The van der Waals surface area contributed by atoms with Crippen molar-refractivity contribution in [2.24, 2.45) is 0 Å². The summed E-state index contributed by atoms with van der Waals surface area (Å²) in [6, 6.07) is 9.34. The molecule has 0 unspecified atom stereocenters. The molecule has 1 heterocycles. The normalized spacial score (nSPS) is 10.2. The van der Waals surface area contributed by atoms with Gasteiger partial charge in [0.05, 0.1) is 12.1 Å². The molecule has 110 valence electrons. The van der Waals surface area contributed by atoms with Crippen LogP contribution in [-0.4, -0.2) is 36.0 Å². The fraction of sp³-hybridized carbons (Fsp3) is 0.200. The SMILES string of the molecule is CN(CCOc1ccc(Br)cc1)C(=O)c1cncc(Br)c1. The van der Waals surface area contributed by atoms with Crippen molar-refractivity contribution in [3.05, 3.63) is 57.2 Å². The van der Waals surface area contributed by atoms with Gasteiger partial charge in [-0.05, 0) is 46.3 Å². The summed E-state index contributed by atoms with van der Waals surface area (Å²) in [5.74, 6) is 0.700. The molecule has 0 saturated heterocycles. The van der Waals surface area contributed by atoms with E-state index < -0.39 is 0 Å². The number of hydrogen-bond acceptors (Lipinski definition) is 3. The third-order valence-electron chi connectivity index (χ3n) is 2.81. The maximum Gasteiger partial charge on any atom is 0.255 e. The Balaban J connectivity index is 1.85. The lowest BCUT2D eigenvalue weighted by molar-refractivity contribution is 0.0773. The fourth-order valence-electron chi connectivity index (χ4n) is 1.68. The number of amides is 1. The Morgan fingerprint density at radius 1 is 1.19 bits per heavy atom. The number of hydrogen-bond donors (Lipinski definition) is 0. The number of benzene rings is 1. The predicted molar refractivity (Wildman–Crippen MR) is 88.5 cm³/mol. The van der Waals surface area contributed by atoms with Gasteiger partial charge in [0.2, 0.25) is 0 Å². The van der Waals surface area contributed by atoms with Gasteiger partial charge >= 0.3 is 0 Å². The number of carbonyl (C=O) groups is 1. The Hall–Kier alpha value is -1.40. The first-order valence-corrected chi connectivity index (χ1v) is 7.89. The van der Waals surface area contributed by atoms with E-state index in [1.54, 1.807) is 30.4 Å². The van der Waals surface area contributed by atoms with E-state index in [9.17, 15) is 4.79 Å². The summed E-state index contributed by atoms with van der Waals surface area (Å²) in [4.78, 5) is 17.8. The lowest BCUT2D eigenvalue weighted by Gasteiger charge is -2.17. The van der Waals surface area contributed by atoms with E-state index in [2.05, 4.69) is 36.8 Å². The largest absolute Gasteiger partial charge is 0.492 e. The topological polar surface area (TPSA) is 42.4 Å². The molecule has 0 N–H and O–H groups in total. The third-order valence-corrected chi connectivity index (χ3v) is 3.77. The third kappa shape index (κ3) is 4.82. The standard InChI is InChI=1S/C15H14Br2N2O2/c1-19(15(20)11-8-13(17)10-18-9-11)6-7-21-14-4-2-12(16)3-5-14/h2-5,8-10H,6-7H2,1H3. The molecule has 0 aliphatic rings. The molecule has 0 aliphatic carbocycles. The molecule has 0 saturated carbocycles. The van der Waals surface area contributed by atoms with Crippen LogP contribution in [0.15, 0.2) is 51.7 Å². The zero-order valence-electron chi connectivity index (χ0n) is 11.4. The monoisotopic (exact) mass is 412 g/mol. The maximum absolute atomic E-state index is 12.2. The Morgan fingerprint density at radius 2 is 1.90 bits per heavy atom. The van der Waals surface area contributed by atoms with Crippen LogP contribution in [0.25, 0.3) is 0 Å². The zero-order valence-corrected chi connectivity index (χ0v) is 14.6. The second-order valence-electron chi connectivity index (χ2n) is 4.42. The highest BCUT2D eigenvalue weighted by molar-refractivity contribution is 9.10. The van der Waals surface area contributed by atoms with Crippen LogP contribution in [0.2, 0.25) is 0 Å². The Labute approximate surface area is 140 Å². The molecule has 0 aliphatic heterocycles. The maximum atomic E-state index is 12.2. The Kier molecular flexibility index (Phi) is 5.76. The molecule has 21 heavy (non-hydrogen) atoms. The molecule has 0 fully saturated rings. The summed E-state index contributed by atoms with van der Waals surface area (Å²) in [5.41, 5.74) is 0.551. The van der Waals surface area contributed by atoms with Crippen LogP contribution in [-0.2, 0) is 0 Å². The molecular weight excluding hydrogens is 400 g/mol. The minimum Gasteiger partial charge on any atom is -0.492 e. The first kappa shape index (κ1) is 16.0. The number of ether oxygens (including phenoxy) is 1. The number of pyridine rings is 1. The molecule has 4 nitrogen and oxygen atoms in total. The van der Waals surface area contributed by atoms with Gasteiger partial charge < -0.3 is 9.64 Å². The number of carbonyl (C=O) groups excluding carboxylic acids is 1. The average molecular weight is 414 g/mol. The van der Waals surface area contributed by atoms with E-state index >= 15 is 0 Å². The minimum atomic E-state index is -0.0804. The molecular formula is C15H14Br2N2O2. The quantitative estimate of drug-likeness (QED) is 0.749. The van der Waals surface area contributed by atoms with Crippen molar-refractivity contribution < 1.29 is 9.53 Å². The average Bonchev–Trinajstić information content (AvgIpc) is 2.48. The van der Waals surface area contributed by atoms with Gasteiger partial charge in [0.1, 0.15) is 12.4 Å². The summed E-state index contributed by atoms with van der Waals surface area (Å²) < 4.78 is 7.39. The molecule has 6 heteroatoms. The van der Waals surface area contributed by atoms with Gasteiger partial charge in [-0.1, -0.05) is 15.9 Å². The van der Waals surface area contributed by atoms with Gasteiger partial charge in [-0.2, -0.15) is 0 Å². The lowest BCUT2D eigenvalue weighted by atomic mass is 10.2. The van der Waals surface area contributed by atoms with Crippen molar-refractivity contribution in [1.82, 2.24) is 9.88 Å². The molecule has 1 aromatic carbocycles. The number of nitrogens with zero attached hydrogens (tertiary/aromatic N) is 2. The van der Waals surface area contributed by atoms with Crippen LogP contribution in [0, 0.1) is 0 Å². The van der Waals surface area contributed by atoms with Crippen LogP contribution in [0.3, 0.4) is 0 Å². The zero-order chi connectivity index (χ0) is 15.2. The van der Waals surface area contributed by atoms with E-state index in [1.807, 2.05) is 24.3 Å². The predicted octanol–water partition coefficient (Wildman–Crippen LogP) is 3.76. The van der Waals surface area contributed by atoms with Gasteiger partial charge in [0.15, 0.2) is 0 Å². The fourth-order valence-corrected chi connectivity index (χ4v) is 2.31. The molecule has 0 atom stereocenters. The van der Waals surface area contributed by atoms with Crippen molar-refractivity contribution in [3.63, 3.8) is 0 Å². The van der Waals surface area contributed by atoms with Crippen molar-refractivity contribution in [3.8, 4) is 5.75 Å². The number of rotatable bonds is 5. The van der Waals surface area contributed by atoms with Crippen molar-refractivity contribution in [2.45, 2.75) is 0 Å². The van der Waals surface area contributed by atoms with E-state index in [-0.39, 0.29) is 5.91 Å². The van der Waals surface area contributed by atoms with E-state index in [4.69, 9.17) is 4.74 Å².